The summed E-state index contributed by atoms with van der Waals surface area (Å²) in [6.45, 7) is 1.56. The predicted molar refractivity (Wildman–Crippen MR) is 124 cm³/mol. The first kappa shape index (κ1) is 33.0. The summed E-state index contributed by atoms with van der Waals surface area (Å²) in [5, 5.41) is 43.5. The van der Waals surface area contributed by atoms with Crippen LogP contribution < -0.4 is 0 Å². The molecule has 0 heterocycles. The number of aliphatic carboxylic acids is 1. The standard InChI is InChI=1S/C13H26O4.C11H22O4/c1-2-3-4-5-6-7-8-9-13(16)17-11-12(15)10-14;12-9-10(13)7-5-3-1-2-4-6-8-11(14)15/h12,14-15H,2-11H2,1H3;10,12-13H,1-9H2,(H,14,15). The highest BCUT2D eigenvalue weighted by Gasteiger charge is 2.07. The molecule has 0 aromatic carbocycles. The van der Waals surface area contributed by atoms with E-state index in [0.29, 0.717) is 12.8 Å². The van der Waals surface area contributed by atoms with Crippen molar-refractivity contribution in [1.29, 1.82) is 0 Å². The van der Waals surface area contributed by atoms with E-state index in [2.05, 4.69) is 6.92 Å². The average molecular weight is 465 g/mol. The van der Waals surface area contributed by atoms with E-state index in [1.54, 1.807) is 0 Å². The molecule has 0 spiro atoms. The van der Waals surface area contributed by atoms with Gasteiger partial charge in [-0.1, -0.05) is 77.6 Å². The zero-order chi connectivity index (χ0) is 24.5. The van der Waals surface area contributed by atoms with E-state index in [-0.39, 0.29) is 32.2 Å². The summed E-state index contributed by atoms with van der Waals surface area (Å²) in [6.07, 6.45) is 13.8. The molecule has 0 aliphatic heterocycles. The normalized spacial score (nSPS) is 12.5. The summed E-state index contributed by atoms with van der Waals surface area (Å²) in [6, 6.07) is 0. The van der Waals surface area contributed by atoms with E-state index in [4.69, 9.17) is 30.3 Å². The molecule has 32 heavy (non-hydrogen) atoms. The Hall–Kier alpha value is -1.22. The van der Waals surface area contributed by atoms with Crippen LogP contribution in [0.1, 0.15) is 110 Å². The summed E-state index contributed by atoms with van der Waals surface area (Å²) < 4.78 is 4.79. The Morgan fingerprint density at radius 1 is 0.688 bits per heavy atom. The van der Waals surface area contributed by atoms with Crippen LogP contribution in [-0.4, -0.2) is 69.5 Å². The lowest BCUT2D eigenvalue weighted by atomic mass is 10.1. The number of carboxylic acid groups (broad SMARTS) is 1. The maximum absolute atomic E-state index is 11.2. The number of rotatable bonds is 21. The molecule has 8 nitrogen and oxygen atoms in total. The molecular weight excluding hydrogens is 416 g/mol. The van der Waals surface area contributed by atoms with Crippen LogP contribution in [0.25, 0.3) is 0 Å². The smallest absolute Gasteiger partial charge is 0.305 e. The van der Waals surface area contributed by atoms with E-state index in [0.717, 1.165) is 51.4 Å². The first-order valence-corrected chi connectivity index (χ1v) is 12.3. The number of carboxylic acids is 1. The number of ether oxygens (including phenoxy) is 1. The van der Waals surface area contributed by atoms with Crippen molar-refractivity contribution in [3.8, 4) is 0 Å². The molecule has 0 saturated heterocycles. The molecule has 0 saturated carbocycles. The topological polar surface area (TPSA) is 145 Å². The molecule has 0 aromatic rings. The summed E-state index contributed by atoms with van der Waals surface area (Å²) in [4.78, 5) is 21.4. The fraction of sp³-hybridized carbons (Fsp3) is 0.917. The number of unbranched alkanes of at least 4 members (excludes halogenated alkanes) is 11. The second-order valence-electron chi connectivity index (χ2n) is 8.28. The molecule has 0 aliphatic rings. The first-order chi connectivity index (χ1) is 15.4. The van der Waals surface area contributed by atoms with Gasteiger partial charge in [0.05, 0.1) is 19.3 Å². The minimum absolute atomic E-state index is 0.105. The van der Waals surface area contributed by atoms with Crippen molar-refractivity contribution in [3.05, 3.63) is 0 Å². The molecule has 192 valence electrons. The third-order valence-electron chi connectivity index (χ3n) is 5.02. The highest BCUT2D eigenvalue weighted by atomic mass is 16.5. The van der Waals surface area contributed by atoms with Crippen molar-refractivity contribution in [2.45, 2.75) is 122 Å². The number of carbonyl (C=O) groups is 2. The third-order valence-corrected chi connectivity index (χ3v) is 5.02. The molecule has 8 heteroatoms. The van der Waals surface area contributed by atoms with Gasteiger partial charge in [0.15, 0.2) is 0 Å². The molecule has 0 aliphatic carbocycles. The molecule has 0 bridgehead atoms. The molecule has 2 atom stereocenters. The second-order valence-corrected chi connectivity index (χ2v) is 8.28. The number of aliphatic hydroxyl groups is 4. The maximum Gasteiger partial charge on any atom is 0.305 e. The molecule has 2 unspecified atom stereocenters. The lowest BCUT2D eigenvalue weighted by molar-refractivity contribution is -0.147. The van der Waals surface area contributed by atoms with Crippen molar-refractivity contribution in [1.82, 2.24) is 0 Å². The number of esters is 1. The van der Waals surface area contributed by atoms with E-state index in [1.807, 2.05) is 0 Å². The van der Waals surface area contributed by atoms with E-state index < -0.39 is 18.2 Å². The van der Waals surface area contributed by atoms with Crippen LogP contribution in [0.3, 0.4) is 0 Å². The van der Waals surface area contributed by atoms with Gasteiger partial charge in [0.1, 0.15) is 12.7 Å². The molecule has 0 rings (SSSR count). The maximum atomic E-state index is 11.2. The fourth-order valence-electron chi connectivity index (χ4n) is 3.00. The largest absolute Gasteiger partial charge is 0.481 e. The van der Waals surface area contributed by atoms with Crippen LogP contribution in [-0.2, 0) is 14.3 Å². The molecular formula is C24H48O8. The van der Waals surface area contributed by atoms with E-state index in [9.17, 15) is 9.59 Å². The number of aliphatic hydroxyl groups excluding tert-OH is 4. The number of hydrogen-bond donors (Lipinski definition) is 5. The average Bonchev–Trinajstić information content (AvgIpc) is 2.78. The SMILES string of the molecule is CCCCCCCCCC(=O)OCC(O)CO.O=C(O)CCCCCCCCC(O)CO. The predicted octanol–water partition coefficient (Wildman–Crippen LogP) is 3.57. The van der Waals surface area contributed by atoms with Gasteiger partial charge in [-0.05, 0) is 19.3 Å². The van der Waals surface area contributed by atoms with Crippen molar-refractivity contribution in [3.63, 3.8) is 0 Å². The van der Waals surface area contributed by atoms with Crippen LogP contribution >= 0.6 is 0 Å². The van der Waals surface area contributed by atoms with Gasteiger partial charge in [-0.15, -0.1) is 0 Å². The summed E-state index contributed by atoms with van der Waals surface area (Å²) in [5.74, 6) is -1.01. The molecule has 0 radical (unpaired) electrons. The van der Waals surface area contributed by atoms with Crippen LogP contribution in [0.5, 0.6) is 0 Å². The molecule has 0 aromatic heterocycles. The summed E-state index contributed by atoms with van der Waals surface area (Å²) in [7, 11) is 0. The highest BCUT2D eigenvalue weighted by molar-refractivity contribution is 5.69. The molecule has 0 fully saturated rings. The van der Waals surface area contributed by atoms with Crippen LogP contribution in [0.4, 0.5) is 0 Å². The van der Waals surface area contributed by atoms with Gasteiger partial charge in [0, 0.05) is 12.8 Å². The van der Waals surface area contributed by atoms with E-state index in [1.165, 1.54) is 32.1 Å². The Bertz CT molecular complexity index is 417. The minimum atomic E-state index is -0.951. The van der Waals surface area contributed by atoms with Crippen LogP contribution in [0, 0.1) is 0 Å². The van der Waals surface area contributed by atoms with Crippen molar-refractivity contribution >= 4 is 11.9 Å². The molecule has 0 amide bonds. The monoisotopic (exact) mass is 464 g/mol. The Morgan fingerprint density at radius 2 is 1.16 bits per heavy atom. The fourth-order valence-corrected chi connectivity index (χ4v) is 3.00. The quantitative estimate of drug-likeness (QED) is 0.128. The first-order valence-electron chi connectivity index (χ1n) is 12.3. The van der Waals surface area contributed by atoms with Gasteiger partial charge in [0.25, 0.3) is 0 Å². The molecule has 5 N–H and O–H groups in total. The minimum Gasteiger partial charge on any atom is -0.481 e. The second kappa shape index (κ2) is 26.0. The summed E-state index contributed by atoms with van der Waals surface area (Å²) >= 11 is 0. The van der Waals surface area contributed by atoms with E-state index >= 15 is 0 Å². The van der Waals surface area contributed by atoms with Crippen LogP contribution in [0.15, 0.2) is 0 Å². The van der Waals surface area contributed by atoms with Gasteiger partial charge < -0.3 is 30.3 Å². The number of carbonyl (C=O) groups excluding carboxylic acids is 1. The number of hydrogen-bond acceptors (Lipinski definition) is 7. The Balaban J connectivity index is 0. The lowest BCUT2D eigenvalue weighted by Gasteiger charge is -2.08. The zero-order valence-corrected chi connectivity index (χ0v) is 20.1. The van der Waals surface area contributed by atoms with Gasteiger partial charge in [-0.3, -0.25) is 9.59 Å². The van der Waals surface area contributed by atoms with Crippen molar-refractivity contribution in [2.24, 2.45) is 0 Å². The lowest BCUT2D eigenvalue weighted by Crippen LogP contribution is -2.21. The van der Waals surface area contributed by atoms with Crippen molar-refractivity contribution in [2.75, 3.05) is 19.8 Å². The third kappa shape index (κ3) is 28.8. The zero-order valence-electron chi connectivity index (χ0n) is 20.1. The Labute approximate surface area is 194 Å². The highest BCUT2D eigenvalue weighted by Crippen LogP contribution is 2.10. The Morgan fingerprint density at radius 3 is 1.66 bits per heavy atom. The van der Waals surface area contributed by atoms with Gasteiger partial charge in [0.2, 0.25) is 0 Å². The van der Waals surface area contributed by atoms with Gasteiger partial charge in [-0.2, -0.15) is 0 Å². The van der Waals surface area contributed by atoms with Crippen LogP contribution in [0.2, 0.25) is 0 Å². The van der Waals surface area contributed by atoms with Gasteiger partial charge in [-0.25, -0.2) is 0 Å². The summed E-state index contributed by atoms with van der Waals surface area (Å²) in [5.41, 5.74) is 0. The van der Waals surface area contributed by atoms with Crippen molar-refractivity contribution < 1.29 is 39.9 Å². The Kier molecular flexibility index (Phi) is 26.8. The van der Waals surface area contributed by atoms with Gasteiger partial charge >= 0.3 is 11.9 Å².